The molecule has 17 heavy (non-hydrogen) atoms. The van der Waals surface area contributed by atoms with Crippen molar-refractivity contribution in [1.29, 1.82) is 0 Å². The summed E-state index contributed by atoms with van der Waals surface area (Å²) in [5.41, 5.74) is 2.40. The SMILES string of the molecule is CCC1C(=O)NCCN1c1ccnc(NN)n1. The molecule has 7 nitrogen and oxygen atoms in total. The van der Waals surface area contributed by atoms with Crippen LogP contribution in [0.4, 0.5) is 11.8 Å². The normalized spacial score (nSPS) is 20.0. The van der Waals surface area contributed by atoms with Crippen LogP contribution in [-0.2, 0) is 4.79 Å². The highest BCUT2D eigenvalue weighted by Crippen LogP contribution is 2.18. The molecule has 0 bridgehead atoms. The topological polar surface area (TPSA) is 96.2 Å². The summed E-state index contributed by atoms with van der Waals surface area (Å²) in [6.45, 7) is 3.35. The number of carbonyl (C=O) groups is 1. The second-order valence-corrected chi connectivity index (χ2v) is 3.79. The molecule has 1 fully saturated rings. The molecule has 0 radical (unpaired) electrons. The van der Waals surface area contributed by atoms with Crippen LogP contribution >= 0.6 is 0 Å². The number of hydrogen-bond acceptors (Lipinski definition) is 6. The van der Waals surface area contributed by atoms with Gasteiger partial charge in [0.25, 0.3) is 0 Å². The lowest BCUT2D eigenvalue weighted by molar-refractivity contribution is -0.123. The van der Waals surface area contributed by atoms with Crippen molar-refractivity contribution in [2.45, 2.75) is 19.4 Å². The van der Waals surface area contributed by atoms with Gasteiger partial charge in [0.1, 0.15) is 11.9 Å². The Kier molecular flexibility index (Phi) is 3.38. The second-order valence-electron chi connectivity index (χ2n) is 3.79. The fourth-order valence-corrected chi connectivity index (χ4v) is 1.97. The van der Waals surface area contributed by atoms with Crippen LogP contribution in [-0.4, -0.2) is 35.0 Å². The monoisotopic (exact) mass is 236 g/mol. The predicted octanol–water partition coefficient (Wildman–Crippen LogP) is -0.523. The van der Waals surface area contributed by atoms with Crippen LogP contribution in [0.1, 0.15) is 13.3 Å². The van der Waals surface area contributed by atoms with Gasteiger partial charge in [-0.2, -0.15) is 4.98 Å². The summed E-state index contributed by atoms with van der Waals surface area (Å²) in [6.07, 6.45) is 2.36. The molecular weight excluding hydrogens is 220 g/mol. The summed E-state index contributed by atoms with van der Waals surface area (Å²) in [4.78, 5) is 21.9. The Bertz CT molecular complexity index is 410. The molecule has 1 saturated heterocycles. The maximum Gasteiger partial charge on any atom is 0.242 e. The van der Waals surface area contributed by atoms with Crippen molar-refractivity contribution < 1.29 is 4.79 Å². The van der Waals surface area contributed by atoms with Crippen LogP contribution < -0.4 is 21.5 Å². The van der Waals surface area contributed by atoms with Gasteiger partial charge in [-0.1, -0.05) is 6.92 Å². The zero-order chi connectivity index (χ0) is 12.3. The zero-order valence-corrected chi connectivity index (χ0v) is 9.68. The minimum atomic E-state index is -0.177. The average Bonchev–Trinajstić information content (AvgIpc) is 2.38. The van der Waals surface area contributed by atoms with E-state index in [-0.39, 0.29) is 11.9 Å². The van der Waals surface area contributed by atoms with Gasteiger partial charge in [-0.05, 0) is 12.5 Å². The van der Waals surface area contributed by atoms with E-state index >= 15 is 0 Å². The number of nitrogens with one attached hydrogen (secondary N) is 2. The molecule has 4 N–H and O–H groups in total. The average molecular weight is 236 g/mol. The first-order chi connectivity index (χ1) is 8.26. The minimum Gasteiger partial charge on any atom is -0.353 e. The van der Waals surface area contributed by atoms with Crippen LogP contribution in [0.3, 0.4) is 0 Å². The van der Waals surface area contributed by atoms with Crippen molar-refractivity contribution in [2.75, 3.05) is 23.4 Å². The Morgan fingerprint density at radius 1 is 1.71 bits per heavy atom. The van der Waals surface area contributed by atoms with Crippen LogP contribution in [0, 0.1) is 0 Å². The number of aromatic nitrogens is 2. The molecule has 1 amide bonds. The first-order valence-corrected chi connectivity index (χ1v) is 5.60. The molecule has 92 valence electrons. The van der Waals surface area contributed by atoms with Gasteiger partial charge in [0.2, 0.25) is 11.9 Å². The lowest BCUT2D eigenvalue weighted by atomic mass is 10.1. The highest BCUT2D eigenvalue weighted by atomic mass is 16.2. The van der Waals surface area contributed by atoms with Gasteiger partial charge in [-0.3, -0.25) is 10.2 Å². The molecule has 0 aromatic carbocycles. The van der Waals surface area contributed by atoms with Crippen molar-refractivity contribution in [3.8, 4) is 0 Å². The molecule has 1 atom stereocenters. The van der Waals surface area contributed by atoms with E-state index in [4.69, 9.17) is 5.84 Å². The van der Waals surface area contributed by atoms with Crippen LogP contribution in [0.15, 0.2) is 12.3 Å². The van der Waals surface area contributed by atoms with Gasteiger partial charge >= 0.3 is 0 Å². The quantitative estimate of drug-likeness (QED) is 0.482. The number of hydrazine groups is 1. The van der Waals surface area contributed by atoms with Gasteiger partial charge in [0.05, 0.1) is 0 Å². The van der Waals surface area contributed by atoms with Gasteiger partial charge in [0.15, 0.2) is 0 Å². The van der Waals surface area contributed by atoms with Gasteiger partial charge < -0.3 is 10.2 Å². The van der Waals surface area contributed by atoms with Crippen molar-refractivity contribution >= 4 is 17.7 Å². The molecule has 0 saturated carbocycles. The molecule has 2 rings (SSSR count). The third kappa shape index (κ3) is 2.28. The minimum absolute atomic E-state index is 0.0413. The van der Waals surface area contributed by atoms with E-state index in [9.17, 15) is 4.79 Å². The number of hydrogen-bond donors (Lipinski definition) is 3. The summed E-state index contributed by atoms with van der Waals surface area (Å²) in [5, 5.41) is 2.85. The molecule has 1 aromatic heterocycles. The first kappa shape index (κ1) is 11.6. The summed E-state index contributed by atoms with van der Waals surface area (Å²) < 4.78 is 0. The number of carbonyl (C=O) groups excluding carboxylic acids is 1. The first-order valence-electron chi connectivity index (χ1n) is 5.60. The summed E-state index contributed by atoms with van der Waals surface area (Å²) in [7, 11) is 0. The number of nitrogens with zero attached hydrogens (tertiary/aromatic N) is 3. The predicted molar refractivity (Wildman–Crippen MR) is 64.3 cm³/mol. The van der Waals surface area contributed by atoms with E-state index in [2.05, 4.69) is 20.7 Å². The second kappa shape index (κ2) is 4.96. The number of piperazine rings is 1. The van der Waals surface area contributed by atoms with Crippen molar-refractivity contribution in [3.63, 3.8) is 0 Å². The third-order valence-electron chi connectivity index (χ3n) is 2.78. The van der Waals surface area contributed by atoms with E-state index in [1.807, 2.05) is 11.8 Å². The van der Waals surface area contributed by atoms with Gasteiger partial charge in [0, 0.05) is 19.3 Å². The van der Waals surface area contributed by atoms with Crippen molar-refractivity contribution in [2.24, 2.45) is 5.84 Å². The summed E-state index contributed by atoms with van der Waals surface area (Å²) in [5.74, 6) is 6.38. The Morgan fingerprint density at radius 2 is 2.53 bits per heavy atom. The summed E-state index contributed by atoms with van der Waals surface area (Å²) in [6, 6.07) is 1.60. The molecular formula is C10H16N6O. The number of nitrogen functional groups attached to an aromatic ring is 1. The Morgan fingerprint density at radius 3 is 3.24 bits per heavy atom. The van der Waals surface area contributed by atoms with E-state index in [0.717, 1.165) is 18.8 Å². The number of nitrogens with two attached hydrogens (primary N) is 1. The molecule has 1 aliphatic heterocycles. The highest BCUT2D eigenvalue weighted by molar-refractivity contribution is 5.86. The van der Waals surface area contributed by atoms with Crippen molar-refractivity contribution in [3.05, 3.63) is 12.3 Å². The van der Waals surface area contributed by atoms with Gasteiger partial charge in [-0.15, -0.1) is 0 Å². The molecule has 0 spiro atoms. The van der Waals surface area contributed by atoms with E-state index in [1.54, 1.807) is 12.3 Å². The van der Waals surface area contributed by atoms with E-state index < -0.39 is 0 Å². The molecule has 1 aromatic rings. The van der Waals surface area contributed by atoms with Crippen LogP contribution in [0.2, 0.25) is 0 Å². The molecule has 2 heterocycles. The summed E-state index contributed by atoms with van der Waals surface area (Å²) >= 11 is 0. The lowest BCUT2D eigenvalue weighted by Gasteiger charge is -2.35. The maximum atomic E-state index is 11.7. The Balaban J connectivity index is 2.27. The largest absolute Gasteiger partial charge is 0.353 e. The highest BCUT2D eigenvalue weighted by Gasteiger charge is 2.28. The zero-order valence-electron chi connectivity index (χ0n) is 9.68. The molecule has 7 heteroatoms. The standard InChI is InChI=1S/C10H16N6O/c1-2-7-9(17)12-5-6-16(7)8-3-4-13-10(14-8)15-11/h3-4,7H,2,5-6,11H2,1H3,(H,12,17)(H,13,14,15). The number of rotatable bonds is 3. The van der Waals surface area contributed by atoms with Crippen LogP contribution in [0.25, 0.3) is 0 Å². The lowest BCUT2D eigenvalue weighted by Crippen LogP contribution is -2.55. The number of anilines is 2. The Labute approximate surface area is 99.4 Å². The Hall–Kier alpha value is -1.89. The maximum absolute atomic E-state index is 11.7. The van der Waals surface area contributed by atoms with Crippen molar-refractivity contribution in [1.82, 2.24) is 15.3 Å². The number of amides is 1. The molecule has 1 aliphatic rings. The molecule has 0 aliphatic carbocycles. The third-order valence-corrected chi connectivity index (χ3v) is 2.78. The molecule has 1 unspecified atom stereocenters. The van der Waals surface area contributed by atoms with Crippen LogP contribution in [0.5, 0.6) is 0 Å². The fourth-order valence-electron chi connectivity index (χ4n) is 1.97. The fraction of sp³-hybridized carbons (Fsp3) is 0.500. The van der Waals surface area contributed by atoms with E-state index in [1.165, 1.54) is 0 Å². The van der Waals surface area contributed by atoms with Gasteiger partial charge in [-0.25, -0.2) is 10.8 Å². The smallest absolute Gasteiger partial charge is 0.242 e. The van der Waals surface area contributed by atoms with E-state index in [0.29, 0.717) is 12.5 Å².